The second-order valence-corrected chi connectivity index (χ2v) is 7.78. The number of thiazole rings is 1. The Balaban J connectivity index is 1.96. The molecule has 0 aliphatic rings. The highest BCUT2D eigenvalue weighted by molar-refractivity contribution is 7.14. The maximum absolute atomic E-state index is 13.2. The van der Waals surface area contributed by atoms with Crippen molar-refractivity contribution in [2.24, 2.45) is 0 Å². The van der Waals surface area contributed by atoms with Crippen molar-refractivity contribution in [2.75, 3.05) is 25.5 Å². The van der Waals surface area contributed by atoms with E-state index < -0.39 is 11.7 Å². The molecule has 0 saturated carbocycles. The van der Waals surface area contributed by atoms with Gasteiger partial charge in [-0.2, -0.15) is 13.2 Å². The van der Waals surface area contributed by atoms with Gasteiger partial charge < -0.3 is 4.90 Å². The van der Waals surface area contributed by atoms with Gasteiger partial charge in [0, 0.05) is 29.8 Å². The van der Waals surface area contributed by atoms with Gasteiger partial charge in [0.05, 0.1) is 16.9 Å². The van der Waals surface area contributed by atoms with E-state index in [1.807, 2.05) is 25.1 Å². The SMILES string of the molecule is CN(C)CCCC(=O)N(c1cccc(C(F)(F)F)c1)c1nc(-c2cccnc2)cs1. The Bertz CT molecular complexity index is 989. The van der Waals surface area contributed by atoms with Crippen LogP contribution < -0.4 is 4.90 Å². The standard InChI is InChI=1S/C21H21F3N4OS/c1-27(2)11-5-9-19(29)28(17-8-3-7-16(12-17)21(22,23)24)20-26-18(14-30-20)15-6-4-10-25-13-15/h3-4,6-8,10,12-14H,5,9,11H2,1-2H3. The van der Waals surface area contributed by atoms with Crippen LogP contribution in [0.15, 0.2) is 54.2 Å². The van der Waals surface area contributed by atoms with Gasteiger partial charge in [-0.1, -0.05) is 6.07 Å². The zero-order valence-corrected chi connectivity index (χ0v) is 17.4. The summed E-state index contributed by atoms with van der Waals surface area (Å²) in [5.41, 5.74) is 0.715. The van der Waals surface area contributed by atoms with Gasteiger partial charge >= 0.3 is 6.18 Å². The van der Waals surface area contributed by atoms with Crippen molar-refractivity contribution in [1.29, 1.82) is 0 Å². The normalized spacial score (nSPS) is 11.7. The first kappa shape index (κ1) is 21.9. The van der Waals surface area contributed by atoms with Gasteiger partial charge in [0.2, 0.25) is 5.91 Å². The number of carbonyl (C=O) groups is 1. The fraction of sp³-hybridized carbons (Fsp3) is 0.286. The molecule has 0 radical (unpaired) electrons. The van der Waals surface area contributed by atoms with E-state index in [4.69, 9.17) is 0 Å². The molecule has 158 valence electrons. The first-order chi connectivity index (χ1) is 14.3. The van der Waals surface area contributed by atoms with E-state index >= 15 is 0 Å². The van der Waals surface area contributed by atoms with E-state index in [1.165, 1.54) is 28.4 Å². The average molecular weight is 434 g/mol. The minimum absolute atomic E-state index is 0.145. The number of pyridine rings is 1. The molecule has 9 heteroatoms. The molecule has 3 aromatic rings. The quantitative estimate of drug-likeness (QED) is 0.511. The fourth-order valence-electron chi connectivity index (χ4n) is 2.85. The summed E-state index contributed by atoms with van der Waals surface area (Å²) in [4.78, 5) is 24.8. The van der Waals surface area contributed by atoms with Crippen molar-refractivity contribution in [3.05, 3.63) is 59.7 Å². The number of anilines is 2. The van der Waals surface area contributed by atoms with Crippen LogP contribution in [0.4, 0.5) is 24.0 Å². The molecule has 30 heavy (non-hydrogen) atoms. The van der Waals surface area contributed by atoms with Crippen LogP contribution in [0.5, 0.6) is 0 Å². The Hall–Kier alpha value is -2.78. The van der Waals surface area contributed by atoms with Crippen LogP contribution >= 0.6 is 11.3 Å². The number of nitrogens with zero attached hydrogens (tertiary/aromatic N) is 4. The molecule has 0 aliphatic heterocycles. The third kappa shape index (κ3) is 5.43. The van der Waals surface area contributed by atoms with E-state index in [0.29, 0.717) is 23.8 Å². The van der Waals surface area contributed by atoms with E-state index in [9.17, 15) is 18.0 Å². The lowest BCUT2D eigenvalue weighted by atomic mass is 10.1. The second-order valence-electron chi connectivity index (χ2n) is 6.94. The molecule has 0 aliphatic carbocycles. The lowest BCUT2D eigenvalue weighted by Gasteiger charge is -2.21. The number of benzene rings is 1. The Morgan fingerprint density at radius 2 is 1.97 bits per heavy atom. The van der Waals surface area contributed by atoms with Crippen molar-refractivity contribution in [2.45, 2.75) is 19.0 Å². The summed E-state index contributed by atoms with van der Waals surface area (Å²) >= 11 is 1.20. The molecule has 0 saturated heterocycles. The van der Waals surface area contributed by atoms with Crippen LogP contribution in [-0.4, -0.2) is 41.4 Å². The van der Waals surface area contributed by atoms with Gasteiger partial charge in [0.25, 0.3) is 0 Å². The summed E-state index contributed by atoms with van der Waals surface area (Å²) < 4.78 is 39.7. The zero-order valence-electron chi connectivity index (χ0n) is 16.6. The lowest BCUT2D eigenvalue weighted by molar-refractivity contribution is -0.137. The fourth-order valence-corrected chi connectivity index (χ4v) is 3.72. The number of carbonyl (C=O) groups excluding carboxylic acids is 1. The lowest BCUT2D eigenvalue weighted by Crippen LogP contribution is -2.27. The molecule has 0 spiro atoms. The Labute approximate surface area is 176 Å². The molecule has 5 nitrogen and oxygen atoms in total. The highest BCUT2D eigenvalue weighted by Gasteiger charge is 2.32. The van der Waals surface area contributed by atoms with Crippen molar-refractivity contribution in [3.8, 4) is 11.3 Å². The summed E-state index contributed by atoms with van der Waals surface area (Å²) in [5.74, 6) is -0.303. The largest absolute Gasteiger partial charge is 0.416 e. The number of hydrogen-bond acceptors (Lipinski definition) is 5. The van der Waals surface area contributed by atoms with E-state index in [2.05, 4.69) is 9.97 Å². The second kappa shape index (κ2) is 9.36. The number of hydrogen-bond donors (Lipinski definition) is 0. The monoisotopic (exact) mass is 434 g/mol. The smallest absolute Gasteiger partial charge is 0.309 e. The van der Waals surface area contributed by atoms with E-state index in [1.54, 1.807) is 23.8 Å². The zero-order chi connectivity index (χ0) is 21.7. The molecule has 0 N–H and O–H groups in total. The molecule has 2 aromatic heterocycles. The third-order valence-corrected chi connectivity index (χ3v) is 5.14. The molecule has 0 atom stereocenters. The van der Waals surface area contributed by atoms with E-state index in [0.717, 1.165) is 17.7 Å². The predicted molar refractivity (Wildman–Crippen MR) is 112 cm³/mol. The van der Waals surface area contributed by atoms with Crippen LogP contribution in [-0.2, 0) is 11.0 Å². The first-order valence-electron chi connectivity index (χ1n) is 9.26. The van der Waals surface area contributed by atoms with E-state index in [-0.39, 0.29) is 18.0 Å². The summed E-state index contributed by atoms with van der Waals surface area (Å²) in [7, 11) is 3.80. The number of halogens is 3. The molecule has 0 bridgehead atoms. The third-order valence-electron chi connectivity index (χ3n) is 4.32. The summed E-state index contributed by atoms with van der Waals surface area (Å²) in [6.45, 7) is 0.695. The van der Waals surface area contributed by atoms with Gasteiger partial charge in [0.1, 0.15) is 0 Å². The van der Waals surface area contributed by atoms with Crippen molar-refractivity contribution in [3.63, 3.8) is 0 Å². The minimum atomic E-state index is -4.50. The van der Waals surface area contributed by atoms with Crippen molar-refractivity contribution < 1.29 is 18.0 Å². The van der Waals surface area contributed by atoms with Crippen LogP contribution in [0.2, 0.25) is 0 Å². The van der Waals surface area contributed by atoms with Gasteiger partial charge in [0.15, 0.2) is 5.13 Å². The molecule has 1 aromatic carbocycles. The van der Waals surface area contributed by atoms with Gasteiger partial charge in [-0.25, -0.2) is 4.98 Å². The predicted octanol–water partition coefficient (Wildman–Crippen LogP) is 5.23. The van der Waals surface area contributed by atoms with Gasteiger partial charge in [-0.15, -0.1) is 11.3 Å². The van der Waals surface area contributed by atoms with Gasteiger partial charge in [-0.3, -0.25) is 14.7 Å². The summed E-state index contributed by atoms with van der Waals surface area (Å²) in [6, 6.07) is 8.36. The maximum Gasteiger partial charge on any atom is 0.416 e. The molecule has 2 heterocycles. The summed E-state index contributed by atoms with van der Waals surface area (Å²) in [6.07, 6.45) is -0.440. The minimum Gasteiger partial charge on any atom is -0.309 e. The molecule has 0 unspecified atom stereocenters. The maximum atomic E-state index is 13.2. The van der Waals surface area contributed by atoms with Crippen molar-refractivity contribution >= 4 is 28.1 Å². The average Bonchev–Trinajstić information content (AvgIpc) is 3.18. The molecule has 3 rings (SSSR count). The highest BCUT2D eigenvalue weighted by atomic mass is 32.1. The van der Waals surface area contributed by atoms with Crippen LogP contribution in [0.25, 0.3) is 11.3 Å². The van der Waals surface area contributed by atoms with Crippen LogP contribution in [0.1, 0.15) is 18.4 Å². The molecule has 0 fully saturated rings. The number of amides is 1. The highest BCUT2D eigenvalue weighted by Crippen LogP contribution is 2.36. The van der Waals surface area contributed by atoms with Crippen molar-refractivity contribution in [1.82, 2.24) is 14.9 Å². The Morgan fingerprint density at radius 3 is 2.63 bits per heavy atom. The number of alkyl halides is 3. The first-order valence-corrected chi connectivity index (χ1v) is 10.1. The summed E-state index contributed by atoms with van der Waals surface area (Å²) in [5, 5.41) is 2.09. The number of rotatable bonds is 7. The molecule has 1 amide bonds. The number of aromatic nitrogens is 2. The van der Waals surface area contributed by atoms with Crippen LogP contribution in [0.3, 0.4) is 0 Å². The molecular weight excluding hydrogens is 413 g/mol. The Kier molecular flexibility index (Phi) is 6.84. The van der Waals surface area contributed by atoms with Gasteiger partial charge in [-0.05, 0) is 57.4 Å². The van der Waals surface area contributed by atoms with Crippen LogP contribution in [0, 0.1) is 0 Å². The molecular formula is C21H21F3N4OS. The topological polar surface area (TPSA) is 49.3 Å². The Morgan fingerprint density at radius 1 is 1.17 bits per heavy atom.